The van der Waals surface area contributed by atoms with E-state index in [0.29, 0.717) is 5.69 Å². The topological polar surface area (TPSA) is 127 Å². The molecule has 2 rings (SSSR count). The molecule has 9 nitrogen and oxygen atoms in total. The molecule has 0 atom stereocenters. The lowest BCUT2D eigenvalue weighted by atomic mass is 10.1. The van der Waals surface area contributed by atoms with Crippen LogP contribution >= 0.6 is 0 Å². The summed E-state index contributed by atoms with van der Waals surface area (Å²) in [5, 5.41) is 22.4. The van der Waals surface area contributed by atoms with Gasteiger partial charge in [0.1, 0.15) is 11.6 Å². The average Bonchev–Trinajstić information content (AvgIpc) is 2.98. The van der Waals surface area contributed by atoms with Gasteiger partial charge in [-0.3, -0.25) is 14.9 Å². The highest BCUT2D eigenvalue weighted by Crippen LogP contribution is 2.19. The fourth-order valence-corrected chi connectivity index (χ4v) is 2.91. The Morgan fingerprint density at radius 2 is 1.97 bits per heavy atom. The van der Waals surface area contributed by atoms with Crippen molar-refractivity contribution in [1.82, 2.24) is 4.57 Å². The number of hydrogen-bond donors (Lipinski definition) is 1. The van der Waals surface area contributed by atoms with E-state index in [4.69, 9.17) is 4.74 Å². The van der Waals surface area contributed by atoms with E-state index in [1.54, 1.807) is 0 Å². The molecule has 0 fully saturated rings. The fraction of sp³-hybridized carbons (Fsp3) is 0.286. The van der Waals surface area contributed by atoms with Crippen LogP contribution in [0.5, 0.6) is 0 Å². The normalized spacial score (nSPS) is 10.9. The predicted octanol–water partition coefficient (Wildman–Crippen LogP) is 3.51. The summed E-state index contributed by atoms with van der Waals surface area (Å²) in [7, 11) is 0. The zero-order chi connectivity index (χ0) is 22.3. The molecular weight excluding hydrogens is 388 g/mol. The van der Waals surface area contributed by atoms with Crippen LogP contribution in [0.4, 0.5) is 11.4 Å². The minimum Gasteiger partial charge on any atom is -0.451 e. The molecule has 156 valence electrons. The van der Waals surface area contributed by atoms with Crippen LogP contribution in [0.25, 0.3) is 6.08 Å². The SMILES string of the molecule is CCCn1c(C)cc(/C=C(\C#N)C(=O)OCC(=O)Nc2ccc([N+](=O)[O-])cc2)c1C. The predicted molar refractivity (Wildman–Crippen MR) is 110 cm³/mol. The van der Waals surface area contributed by atoms with Gasteiger partial charge >= 0.3 is 5.97 Å². The Bertz CT molecular complexity index is 1030. The molecule has 0 saturated heterocycles. The number of anilines is 1. The van der Waals surface area contributed by atoms with Gasteiger partial charge in [-0.25, -0.2) is 4.79 Å². The number of nitrogens with zero attached hydrogens (tertiary/aromatic N) is 3. The van der Waals surface area contributed by atoms with E-state index in [-0.39, 0.29) is 11.3 Å². The highest BCUT2D eigenvalue weighted by Gasteiger charge is 2.16. The Morgan fingerprint density at radius 1 is 1.30 bits per heavy atom. The second kappa shape index (κ2) is 10.0. The van der Waals surface area contributed by atoms with Crippen LogP contribution < -0.4 is 5.32 Å². The third-order valence-corrected chi connectivity index (χ3v) is 4.40. The third kappa shape index (κ3) is 5.54. The summed E-state index contributed by atoms with van der Waals surface area (Å²) in [6.07, 6.45) is 2.40. The minimum absolute atomic E-state index is 0.110. The van der Waals surface area contributed by atoms with E-state index >= 15 is 0 Å². The summed E-state index contributed by atoms with van der Waals surface area (Å²) < 4.78 is 7.03. The molecule has 1 N–H and O–H groups in total. The highest BCUT2D eigenvalue weighted by molar-refractivity contribution is 6.00. The number of aromatic nitrogens is 1. The Labute approximate surface area is 173 Å². The Balaban J connectivity index is 2.01. The van der Waals surface area contributed by atoms with E-state index in [2.05, 4.69) is 16.8 Å². The molecule has 0 spiro atoms. The van der Waals surface area contributed by atoms with Crippen molar-refractivity contribution in [2.45, 2.75) is 33.7 Å². The molecule has 1 amide bonds. The Hall–Kier alpha value is -3.93. The number of benzene rings is 1. The maximum atomic E-state index is 12.2. The van der Waals surface area contributed by atoms with Crippen molar-refractivity contribution in [3.8, 4) is 6.07 Å². The van der Waals surface area contributed by atoms with Crippen LogP contribution in [0.1, 0.15) is 30.3 Å². The second-order valence-electron chi connectivity index (χ2n) is 6.58. The molecule has 0 bridgehead atoms. The number of carbonyl (C=O) groups excluding carboxylic acids is 2. The smallest absolute Gasteiger partial charge is 0.349 e. The number of nitro groups is 1. The third-order valence-electron chi connectivity index (χ3n) is 4.40. The lowest BCUT2D eigenvalue weighted by Gasteiger charge is -2.07. The minimum atomic E-state index is -0.906. The molecule has 0 radical (unpaired) electrons. The van der Waals surface area contributed by atoms with E-state index in [1.807, 2.05) is 26.0 Å². The number of esters is 1. The van der Waals surface area contributed by atoms with Crippen LogP contribution in [0.15, 0.2) is 35.9 Å². The van der Waals surface area contributed by atoms with Gasteiger partial charge in [0.05, 0.1) is 4.92 Å². The first-order valence-corrected chi connectivity index (χ1v) is 9.26. The maximum absolute atomic E-state index is 12.2. The molecule has 0 aliphatic heterocycles. The van der Waals surface area contributed by atoms with E-state index in [1.165, 1.54) is 30.3 Å². The van der Waals surface area contributed by atoms with Gasteiger partial charge < -0.3 is 14.6 Å². The van der Waals surface area contributed by atoms with Crippen molar-refractivity contribution in [2.24, 2.45) is 0 Å². The van der Waals surface area contributed by atoms with Crippen LogP contribution in [0.2, 0.25) is 0 Å². The van der Waals surface area contributed by atoms with Gasteiger partial charge in [-0.15, -0.1) is 0 Å². The lowest BCUT2D eigenvalue weighted by Crippen LogP contribution is -2.21. The number of ether oxygens (including phenoxy) is 1. The monoisotopic (exact) mass is 410 g/mol. The van der Waals surface area contributed by atoms with Gasteiger partial charge in [-0.05, 0) is 50.1 Å². The number of amides is 1. The molecule has 0 aliphatic rings. The van der Waals surface area contributed by atoms with Crippen LogP contribution in [0, 0.1) is 35.3 Å². The average molecular weight is 410 g/mol. The number of non-ortho nitro benzene ring substituents is 1. The Kier molecular flexibility index (Phi) is 7.47. The molecule has 0 aliphatic carbocycles. The lowest BCUT2D eigenvalue weighted by molar-refractivity contribution is -0.384. The van der Waals surface area contributed by atoms with Gasteiger partial charge in [0.2, 0.25) is 0 Å². The van der Waals surface area contributed by atoms with Crippen molar-refractivity contribution in [3.05, 3.63) is 63.0 Å². The maximum Gasteiger partial charge on any atom is 0.349 e. The largest absolute Gasteiger partial charge is 0.451 e. The first-order chi connectivity index (χ1) is 14.3. The number of nitrogens with one attached hydrogen (secondary N) is 1. The van der Waals surface area contributed by atoms with E-state index < -0.39 is 23.4 Å². The number of carbonyl (C=O) groups is 2. The molecule has 0 unspecified atom stereocenters. The quantitative estimate of drug-likeness (QED) is 0.233. The van der Waals surface area contributed by atoms with Crippen molar-refractivity contribution in [3.63, 3.8) is 0 Å². The first-order valence-electron chi connectivity index (χ1n) is 9.26. The molecule has 0 saturated carbocycles. The number of rotatable bonds is 8. The number of aryl methyl sites for hydroxylation is 1. The Morgan fingerprint density at radius 3 is 2.53 bits per heavy atom. The highest BCUT2D eigenvalue weighted by atomic mass is 16.6. The summed E-state index contributed by atoms with van der Waals surface area (Å²) in [6.45, 7) is 6.16. The summed E-state index contributed by atoms with van der Waals surface area (Å²) in [4.78, 5) is 34.2. The zero-order valence-electron chi connectivity index (χ0n) is 17.0. The van der Waals surface area contributed by atoms with E-state index in [0.717, 1.165) is 29.9 Å². The molecule has 1 aromatic carbocycles. The van der Waals surface area contributed by atoms with Crippen LogP contribution in [-0.2, 0) is 20.9 Å². The van der Waals surface area contributed by atoms with Gasteiger partial charge in [-0.1, -0.05) is 6.92 Å². The van der Waals surface area contributed by atoms with Crippen molar-refractivity contribution >= 4 is 29.3 Å². The summed E-state index contributed by atoms with van der Waals surface area (Å²) in [6, 6.07) is 8.91. The molecule has 1 heterocycles. The van der Waals surface area contributed by atoms with Crippen molar-refractivity contribution in [1.29, 1.82) is 5.26 Å². The van der Waals surface area contributed by atoms with Crippen molar-refractivity contribution in [2.75, 3.05) is 11.9 Å². The van der Waals surface area contributed by atoms with Crippen LogP contribution in [-0.4, -0.2) is 28.0 Å². The molecule has 1 aromatic heterocycles. The summed E-state index contributed by atoms with van der Waals surface area (Å²) in [5.74, 6) is -1.53. The molecular formula is C21H22N4O5. The van der Waals surface area contributed by atoms with Gasteiger partial charge in [-0.2, -0.15) is 5.26 Å². The van der Waals surface area contributed by atoms with Gasteiger partial charge in [0.15, 0.2) is 6.61 Å². The number of hydrogen-bond acceptors (Lipinski definition) is 6. The molecule has 9 heteroatoms. The molecule has 30 heavy (non-hydrogen) atoms. The van der Waals surface area contributed by atoms with Crippen molar-refractivity contribution < 1.29 is 19.2 Å². The van der Waals surface area contributed by atoms with Crippen LogP contribution in [0.3, 0.4) is 0 Å². The first kappa shape index (κ1) is 22.4. The standard InChI is InChI=1S/C21H22N4O5/c1-4-9-24-14(2)10-16(15(24)3)11-17(12-22)21(27)30-13-20(26)23-18-5-7-19(8-6-18)25(28)29/h5-8,10-11H,4,9,13H2,1-3H3,(H,23,26)/b17-11+. The summed E-state index contributed by atoms with van der Waals surface area (Å²) in [5.41, 5.74) is 2.70. The fourth-order valence-electron chi connectivity index (χ4n) is 2.91. The van der Waals surface area contributed by atoms with Gasteiger partial charge in [0.25, 0.3) is 11.6 Å². The molecule has 2 aromatic rings. The number of nitriles is 1. The summed E-state index contributed by atoms with van der Waals surface area (Å²) >= 11 is 0. The number of nitro benzene ring substituents is 1. The van der Waals surface area contributed by atoms with E-state index in [9.17, 15) is 25.0 Å². The second-order valence-corrected chi connectivity index (χ2v) is 6.58. The zero-order valence-corrected chi connectivity index (χ0v) is 17.0. The van der Waals surface area contributed by atoms with Gasteiger partial charge in [0, 0.05) is 35.8 Å².